The van der Waals surface area contributed by atoms with Gasteiger partial charge in [0.25, 0.3) is 0 Å². The van der Waals surface area contributed by atoms with Gasteiger partial charge in [0.15, 0.2) is 0 Å². The highest BCUT2D eigenvalue weighted by Gasteiger charge is 2.54. The molecule has 4 heteroatoms. The molecule has 0 aromatic heterocycles. The fourth-order valence-corrected chi connectivity index (χ4v) is 16.8. The lowest BCUT2D eigenvalue weighted by Gasteiger charge is -2.33. The summed E-state index contributed by atoms with van der Waals surface area (Å²) in [6, 6.07) is 103. The molecule has 2 spiro atoms. The number of benzene rings is 12. The number of rotatable bonds is 9. The Kier molecular flexibility index (Phi) is 10.8. The van der Waals surface area contributed by atoms with Crippen LogP contribution in [-0.4, -0.2) is 14.2 Å². The predicted octanol–water partition coefficient (Wildman–Crippen LogP) is 20.3. The number of methoxy groups -OCH3 is 2. The van der Waals surface area contributed by atoms with E-state index in [1.807, 2.05) is 0 Å². The molecule has 412 valence electrons. The maximum atomic E-state index is 5.77. The summed E-state index contributed by atoms with van der Waals surface area (Å²) >= 11 is 0. The van der Waals surface area contributed by atoms with Gasteiger partial charge in [-0.25, -0.2) is 0 Å². The largest absolute Gasteiger partial charge is 0.497 e. The van der Waals surface area contributed by atoms with E-state index in [9.17, 15) is 0 Å². The maximum absolute atomic E-state index is 5.77. The van der Waals surface area contributed by atoms with E-state index < -0.39 is 10.8 Å². The second kappa shape index (κ2) is 18.4. The van der Waals surface area contributed by atoms with Crippen LogP contribution in [0.4, 0.5) is 34.1 Å². The highest BCUT2D eigenvalue weighted by atomic mass is 16.5. The summed E-state index contributed by atoms with van der Waals surface area (Å²) in [5, 5.41) is 0. The third-order valence-electron chi connectivity index (χ3n) is 20.3. The quantitative estimate of drug-likeness (QED) is 0.144. The van der Waals surface area contributed by atoms with Crippen LogP contribution in [-0.2, 0) is 21.7 Å². The van der Waals surface area contributed by atoms with Crippen LogP contribution < -0.4 is 19.3 Å². The van der Waals surface area contributed by atoms with Crippen molar-refractivity contribution in [3.05, 3.63) is 334 Å². The van der Waals surface area contributed by atoms with Crippen molar-refractivity contribution in [3.8, 4) is 56.0 Å². The van der Waals surface area contributed by atoms with Gasteiger partial charge >= 0.3 is 0 Å². The van der Waals surface area contributed by atoms with E-state index in [4.69, 9.17) is 9.47 Å². The van der Waals surface area contributed by atoms with E-state index in [-0.39, 0.29) is 10.8 Å². The second-order valence-electron chi connectivity index (χ2n) is 25.0. The van der Waals surface area contributed by atoms with Gasteiger partial charge in [-0.2, -0.15) is 0 Å². The van der Waals surface area contributed by atoms with Crippen LogP contribution in [0.15, 0.2) is 273 Å². The molecule has 12 aromatic carbocycles. The Morgan fingerprint density at radius 3 is 0.953 bits per heavy atom. The molecule has 5 aliphatic carbocycles. The first kappa shape index (κ1) is 50.4. The molecule has 0 aliphatic heterocycles. The average molecular weight is 1110 g/mol. The molecule has 1 unspecified atom stereocenters. The number of anilines is 6. The van der Waals surface area contributed by atoms with E-state index in [1.54, 1.807) is 14.2 Å². The molecule has 0 N–H and O–H groups in total. The number of nitrogens with zero attached hydrogens (tertiary/aromatic N) is 2. The van der Waals surface area contributed by atoms with Gasteiger partial charge in [-0.15, -0.1) is 0 Å². The minimum absolute atomic E-state index is 0.171. The zero-order valence-electron chi connectivity index (χ0n) is 48.9. The Labute approximate surface area is 503 Å². The summed E-state index contributed by atoms with van der Waals surface area (Å²) in [6.07, 6.45) is 0.935. The first-order valence-electron chi connectivity index (χ1n) is 30.2. The molecule has 86 heavy (non-hydrogen) atoms. The third kappa shape index (κ3) is 6.75. The van der Waals surface area contributed by atoms with Crippen LogP contribution in [0.5, 0.6) is 11.5 Å². The normalized spacial score (nSPS) is 16.5. The van der Waals surface area contributed by atoms with Gasteiger partial charge < -0.3 is 19.3 Å². The second-order valence-corrected chi connectivity index (χ2v) is 25.0. The molecule has 17 rings (SSSR count). The van der Waals surface area contributed by atoms with Crippen LogP contribution in [0.1, 0.15) is 88.4 Å². The van der Waals surface area contributed by atoms with Gasteiger partial charge in [-0.05, 0) is 215 Å². The lowest BCUT2D eigenvalue weighted by Crippen LogP contribution is -2.26. The third-order valence-corrected chi connectivity index (χ3v) is 20.3. The monoisotopic (exact) mass is 1110 g/mol. The minimum atomic E-state index is -0.472. The highest BCUT2D eigenvalue weighted by molar-refractivity contribution is 5.98. The van der Waals surface area contributed by atoms with Crippen molar-refractivity contribution in [2.45, 2.75) is 48.9 Å². The molecular weight excluding hydrogens is 1040 g/mol. The lowest BCUT2D eigenvalue weighted by molar-refractivity contribution is 0.414. The summed E-state index contributed by atoms with van der Waals surface area (Å²) in [4.78, 5) is 4.92. The summed E-state index contributed by atoms with van der Waals surface area (Å²) < 4.78 is 11.5. The SMILES string of the molecule is COc1ccc(N(c2cccc(C3(C)CC(C)(C)c4cc(N(c5ccc(OC)cc5)c5ccc6c(c5)C5(c7ccccc7-c7ccccc75)c5ccccc5-6)ccc43)c2)c2ccc3c(c2)C2(c4ccccc4-c4ccccc42)c2ccccc2-3)cc1. The average Bonchev–Trinajstić information content (AvgIpc) is 1.56. The zero-order valence-corrected chi connectivity index (χ0v) is 48.9. The Bertz CT molecular complexity index is 4650. The molecule has 12 aromatic rings. The summed E-state index contributed by atoms with van der Waals surface area (Å²) in [5.74, 6) is 1.65. The number of ether oxygens (including phenoxy) is 2. The maximum Gasteiger partial charge on any atom is 0.119 e. The van der Waals surface area contributed by atoms with Gasteiger partial charge in [0.05, 0.1) is 25.0 Å². The topological polar surface area (TPSA) is 24.9 Å². The predicted molar refractivity (Wildman–Crippen MR) is 352 cm³/mol. The fourth-order valence-electron chi connectivity index (χ4n) is 16.8. The number of fused-ring (bicyclic) bond motifs is 21. The van der Waals surface area contributed by atoms with Crippen molar-refractivity contribution >= 4 is 34.1 Å². The molecular formula is C82H62N2O2. The van der Waals surface area contributed by atoms with Crippen molar-refractivity contribution in [1.82, 2.24) is 0 Å². The molecule has 5 aliphatic rings. The Morgan fingerprint density at radius 2 is 0.581 bits per heavy atom. The highest BCUT2D eigenvalue weighted by Crippen LogP contribution is 2.66. The molecule has 4 nitrogen and oxygen atoms in total. The smallest absolute Gasteiger partial charge is 0.119 e. The standard InChI is InChI=1S/C82H62N2O2/c1-79(2)51-80(3,52-19-18-20-55(47-52)83(53-33-40-59(85-4)41-34-53)56-37-44-67-65-25-10-16-31-73(65)81(76(67)48-56)69-27-12-6-21-61(69)62-22-7-13-28-70(62)81)75-46-39-58(50-78(75)79)84(54-35-42-60(86-5)43-36-54)57-38-45-68-66-26-11-17-32-74(66)82(77(68)49-57)71-29-14-8-23-63(71)64-24-9-15-30-72(64)82/h6-50H,51H2,1-5H3. The Hall–Kier alpha value is -10.2. The van der Waals surface area contributed by atoms with Crippen LogP contribution in [0.3, 0.4) is 0 Å². The molecule has 0 saturated heterocycles. The fraction of sp³-hybridized carbons (Fsp3) is 0.122. The first-order valence-corrected chi connectivity index (χ1v) is 30.2. The molecule has 0 fully saturated rings. The van der Waals surface area contributed by atoms with Gasteiger partial charge in [0, 0.05) is 39.5 Å². The minimum Gasteiger partial charge on any atom is -0.497 e. The molecule has 0 saturated carbocycles. The Morgan fingerprint density at radius 1 is 0.267 bits per heavy atom. The van der Waals surface area contributed by atoms with Crippen LogP contribution in [0, 0.1) is 0 Å². The van der Waals surface area contributed by atoms with Crippen LogP contribution in [0.25, 0.3) is 44.5 Å². The molecule has 0 radical (unpaired) electrons. The zero-order chi connectivity index (χ0) is 57.7. The van der Waals surface area contributed by atoms with Gasteiger partial charge in [-0.1, -0.05) is 197 Å². The van der Waals surface area contributed by atoms with E-state index in [1.165, 1.54) is 106 Å². The number of hydrogen-bond donors (Lipinski definition) is 0. The first-order chi connectivity index (χ1) is 42.1. The van der Waals surface area contributed by atoms with Crippen LogP contribution in [0.2, 0.25) is 0 Å². The van der Waals surface area contributed by atoms with Gasteiger partial charge in [0.1, 0.15) is 11.5 Å². The summed E-state index contributed by atoms with van der Waals surface area (Å²) in [5.41, 5.74) is 30.1. The summed E-state index contributed by atoms with van der Waals surface area (Å²) in [7, 11) is 3.48. The van der Waals surface area contributed by atoms with E-state index in [0.717, 1.165) is 52.0 Å². The van der Waals surface area contributed by atoms with Crippen molar-refractivity contribution in [1.29, 1.82) is 0 Å². The molecule has 0 amide bonds. The van der Waals surface area contributed by atoms with E-state index in [0.29, 0.717) is 0 Å². The van der Waals surface area contributed by atoms with Gasteiger partial charge in [-0.3, -0.25) is 0 Å². The van der Waals surface area contributed by atoms with Crippen molar-refractivity contribution in [2.24, 2.45) is 0 Å². The number of hydrogen-bond acceptors (Lipinski definition) is 4. The Balaban J connectivity index is 0.803. The van der Waals surface area contributed by atoms with Crippen molar-refractivity contribution in [3.63, 3.8) is 0 Å². The molecule has 0 bridgehead atoms. The molecule has 0 heterocycles. The van der Waals surface area contributed by atoms with Crippen molar-refractivity contribution in [2.75, 3.05) is 24.0 Å². The lowest BCUT2D eigenvalue weighted by atomic mass is 9.70. The van der Waals surface area contributed by atoms with E-state index >= 15 is 0 Å². The van der Waals surface area contributed by atoms with Crippen molar-refractivity contribution < 1.29 is 9.47 Å². The molecule has 1 atom stereocenters. The van der Waals surface area contributed by atoms with Gasteiger partial charge in [0.2, 0.25) is 0 Å². The summed E-state index contributed by atoms with van der Waals surface area (Å²) in [6.45, 7) is 7.35. The van der Waals surface area contributed by atoms with E-state index in [2.05, 4.69) is 304 Å². The van der Waals surface area contributed by atoms with Crippen LogP contribution >= 0.6 is 0 Å².